The highest BCUT2D eigenvalue weighted by atomic mass is 79.9. The normalized spacial score (nSPS) is 23.1. The molecule has 1 aliphatic heterocycles. The summed E-state index contributed by atoms with van der Waals surface area (Å²) < 4.78 is 6.35. The quantitative estimate of drug-likeness (QED) is 0.223. The van der Waals surface area contributed by atoms with Gasteiger partial charge in [0, 0.05) is 18.0 Å². The molecule has 8 heteroatoms. The van der Waals surface area contributed by atoms with Gasteiger partial charge in [0.15, 0.2) is 0 Å². The predicted molar refractivity (Wildman–Crippen MR) is 143 cm³/mol. The van der Waals surface area contributed by atoms with E-state index in [1.54, 1.807) is 11.0 Å². The van der Waals surface area contributed by atoms with Crippen LogP contribution >= 0.6 is 15.9 Å². The van der Waals surface area contributed by atoms with Crippen LogP contribution in [0.15, 0.2) is 42.0 Å². The lowest BCUT2D eigenvalue weighted by Gasteiger charge is -2.30. The van der Waals surface area contributed by atoms with Gasteiger partial charge >= 0.3 is 6.09 Å². The molecule has 3 atom stereocenters. The molecule has 2 heterocycles. The van der Waals surface area contributed by atoms with E-state index >= 15 is 0 Å². The second-order valence-corrected chi connectivity index (χ2v) is 11.6. The molecule has 7 nitrogen and oxygen atoms in total. The molecular formula is C27H39BrN4O3. The number of likely N-dealkylation sites (tertiary alicyclic amines) is 1. The largest absolute Gasteiger partial charge is 0.444 e. The van der Waals surface area contributed by atoms with Crippen molar-refractivity contribution in [3.8, 4) is 0 Å². The summed E-state index contributed by atoms with van der Waals surface area (Å²) in [6.07, 6.45) is 8.63. The number of pyridine rings is 1. The lowest BCUT2D eigenvalue weighted by Crippen LogP contribution is -2.47. The number of unbranched alkanes of at least 4 members (excludes halogenated alkanes) is 2. The summed E-state index contributed by atoms with van der Waals surface area (Å²) >= 11 is 3.39. The number of ether oxygens (including phenoxy) is 1. The van der Waals surface area contributed by atoms with Crippen molar-refractivity contribution < 1.29 is 14.3 Å². The van der Waals surface area contributed by atoms with Crippen LogP contribution < -0.4 is 5.32 Å². The molecule has 1 aromatic heterocycles. The second-order valence-electron chi connectivity index (χ2n) is 10.8. The van der Waals surface area contributed by atoms with Crippen LogP contribution in [0.1, 0.15) is 58.4 Å². The van der Waals surface area contributed by atoms with Gasteiger partial charge in [-0.25, -0.2) is 9.78 Å². The van der Waals surface area contributed by atoms with Crippen molar-refractivity contribution in [2.45, 2.75) is 77.0 Å². The van der Waals surface area contributed by atoms with E-state index in [9.17, 15) is 9.59 Å². The number of hydrogen-bond acceptors (Lipinski definition) is 5. The summed E-state index contributed by atoms with van der Waals surface area (Å²) in [7, 11) is 2.12. The third-order valence-corrected chi connectivity index (χ3v) is 7.10. The van der Waals surface area contributed by atoms with Crippen LogP contribution in [0.5, 0.6) is 0 Å². The number of carbonyl (C=O) groups excluding carboxylic acids is 2. The maximum Gasteiger partial charge on any atom is 0.411 e. The minimum absolute atomic E-state index is 0.00633. The summed E-state index contributed by atoms with van der Waals surface area (Å²) in [6, 6.07) is 3.16. The average Bonchev–Trinajstić information content (AvgIpc) is 3.34. The molecule has 0 bridgehead atoms. The van der Waals surface area contributed by atoms with Crippen LogP contribution in [0.4, 0.5) is 10.6 Å². The Morgan fingerprint density at radius 1 is 1.29 bits per heavy atom. The number of nitrogens with zero attached hydrogens (tertiary/aromatic N) is 3. The van der Waals surface area contributed by atoms with E-state index in [4.69, 9.17) is 4.74 Å². The smallest absolute Gasteiger partial charge is 0.411 e. The third-order valence-electron chi connectivity index (χ3n) is 6.66. The SMILES string of the molecule is C=CCCCCN(C)C[C@@]12C[C@@H](C(=O)Nc3nc(Br)ccc3CC=C)N(C(=O)OC(C)(C)C)[C@@H]1C2. The van der Waals surface area contributed by atoms with Crippen LogP contribution in [0, 0.1) is 5.41 Å². The number of halogens is 1. The highest BCUT2D eigenvalue weighted by Crippen LogP contribution is 2.60. The standard InChI is InChI=1S/C27H39BrN4O3/c1-7-9-10-11-15-31(6)18-27-16-20(32(21(27)17-27)25(34)35-26(3,4)5)24(33)30-23-19(12-8-2)13-14-22(28)29-23/h7-8,13-14,20-21H,1-2,9-12,15-18H2,3-6H3,(H,29,30,33)/t20-,21+,27-/m0/s1. The first-order valence-electron chi connectivity index (χ1n) is 12.4. The minimum atomic E-state index is -0.636. The summed E-state index contributed by atoms with van der Waals surface area (Å²) in [5.41, 5.74) is 0.154. The van der Waals surface area contributed by atoms with E-state index < -0.39 is 17.7 Å². The molecule has 1 saturated heterocycles. The number of aromatic nitrogens is 1. The fourth-order valence-corrected chi connectivity index (χ4v) is 5.35. The number of amides is 2. The van der Waals surface area contributed by atoms with Crippen molar-refractivity contribution in [1.29, 1.82) is 0 Å². The minimum Gasteiger partial charge on any atom is -0.444 e. The van der Waals surface area contributed by atoms with Gasteiger partial charge in [0.1, 0.15) is 22.1 Å². The molecule has 0 spiro atoms. The summed E-state index contributed by atoms with van der Waals surface area (Å²) in [5.74, 6) is 0.259. The molecule has 3 rings (SSSR count). The zero-order valence-corrected chi connectivity index (χ0v) is 23.1. The van der Waals surface area contributed by atoms with E-state index in [0.717, 1.165) is 44.3 Å². The molecule has 1 aromatic rings. The second kappa shape index (κ2) is 11.2. The van der Waals surface area contributed by atoms with Gasteiger partial charge < -0.3 is 15.0 Å². The van der Waals surface area contributed by atoms with Gasteiger partial charge in [-0.15, -0.1) is 13.2 Å². The first-order chi connectivity index (χ1) is 16.5. The van der Waals surface area contributed by atoms with E-state index in [2.05, 4.69) is 51.3 Å². The lowest BCUT2D eigenvalue weighted by molar-refractivity contribution is -0.121. The van der Waals surface area contributed by atoms with E-state index in [1.807, 2.05) is 39.0 Å². The van der Waals surface area contributed by atoms with Crippen LogP contribution in [-0.2, 0) is 16.0 Å². The molecule has 0 radical (unpaired) electrons. The highest BCUT2D eigenvalue weighted by Gasteiger charge is 2.68. The monoisotopic (exact) mass is 546 g/mol. The fraction of sp³-hybridized carbons (Fsp3) is 0.593. The van der Waals surface area contributed by atoms with Gasteiger partial charge in [-0.1, -0.05) is 18.2 Å². The van der Waals surface area contributed by atoms with Crippen LogP contribution in [0.3, 0.4) is 0 Å². The summed E-state index contributed by atoms with van der Waals surface area (Å²) in [4.78, 5) is 35.2. The van der Waals surface area contributed by atoms with Crippen LogP contribution in [-0.4, -0.2) is 64.6 Å². The number of nitrogens with one attached hydrogen (secondary N) is 1. The van der Waals surface area contributed by atoms with Crippen LogP contribution in [0.25, 0.3) is 0 Å². The summed E-state index contributed by atoms with van der Waals surface area (Å²) in [5, 5.41) is 2.99. The molecule has 0 unspecified atom stereocenters. The molecule has 192 valence electrons. The highest BCUT2D eigenvalue weighted by molar-refractivity contribution is 9.10. The first-order valence-corrected chi connectivity index (χ1v) is 13.2. The average molecular weight is 548 g/mol. The van der Waals surface area contributed by atoms with E-state index in [0.29, 0.717) is 23.3 Å². The van der Waals surface area contributed by atoms with Gasteiger partial charge in [-0.2, -0.15) is 0 Å². The topological polar surface area (TPSA) is 74.8 Å². The van der Waals surface area contributed by atoms with Gasteiger partial charge in [-0.05, 0) is 100 Å². The number of rotatable bonds is 11. The Balaban J connectivity index is 1.77. The first kappa shape index (κ1) is 27.4. The number of anilines is 1. The Labute approximate surface area is 218 Å². The number of carbonyl (C=O) groups is 2. The Morgan fingerprint density at radius 2 is 2.03 bits per heavy atom. The van der Waals surface area contributed by atoms with Crippen molar-refractivity contribution in [3.05, 3.63) is 47.6 Å². The maximum atomic E-state index is 13.5. The molecule has 1 saturated carbocycles. The lowest BCUT2D eigenvalue weighted by atomic mass is 9.98. The Kier molecular flexibility index (Phi) is 8.81. The number of piperidine rings is 1. The molecule has 1 aliphatic carbocycles. The van der Waals surface area contributed by atoms with Crippen molar-refractivity contribution in [2.75, 3.05) is 25.5 Å². The zero-order valence-electron chi connectivity index (χ0n) is 21.5. The van der Waals surface area contributed by atoms with Crippen molar-refractivity contribution in [1.82, 2.24) is 14.8 Å². The molecule has 2 aliphatic rings. The van der Waals surface area contributed by atoms with Gasteiger partial charge in [0.25, 0.3) is 0 Å². The van der Waals surface area contributed by atoms with E-state index in [1.165, 1.54) is 0 Å². The number of fused-ring (bicyclic) bond motifs is 1. The Hall–Kier alpha value is -2.19. The summed E-state index contributed by atoms with van der Waals surface area (Å²) in [6.45, 7) is 15.0. The maximum absolute atomic E-state index is 13.5. The molecule has 0 aromatic carbocycles. The Morgan fingerprint density at radius 3 is 2.69 bits per heavy atom. The van der Waals surface area contributed by atoms with Gasteiger partial charge in [0.2, 0.25) is 5.91 Å². The van der Waals surface area contributed by atoms with Crippen molar-refractivity contribution >= 4 is 33.7 Å². The molecular weight excluding hydrogens is 508 g/mol. The number of hydrogen-bond donors (Lipinski definition) is 1. The predicted octanol–water partition coefficient (Wildman–Crippen LogP) is 5.57. The molecule has 1 N–H and O–H groups in total. The molecule has 35 heavy (non-hydrogen) atoms. The van der Waals surface area contributed by atoms with Gasteiger partial charge in [-0.3, -0.25) is 9.69 Å². The molecule has 2 fully saturated rings. The molecule has 2 amide bonds. The zero-order chi connectivity index (χ0) is 25.8. The number of allylic oxidation sites excluding steroid dienone is 2. The van der Waals surface area contributed by atoms with E-state index in [-0.39, 0.29) is 17.4 Å². The van der Waals surface area contributed by atoms with Crippen LogP contribution in [0.2, 0.25) is 0 Å². The van der Waals surface area contributed by atoms with Crippen molar-refractivity contribution in [3.63, 3.8) is 0 Å². The Bertz CT molecular complexity index is 960. The van der Waals surface area contributed by atoms with Crippen molar-refractivity contribution in [2.24, 2.45) is 5.41 Å². The van der Waals surface area contributed by atoms with Gasteiger partial charge in [0.05, 0.1) is 0 Å². The third kappa shape index (κ3) is 6.94. The fourth-order valence-electron chi connectivity index (χ4n) is 5.04.